The largest absolute Gasteiger partial charge is 0.481 e. The molecule has 0 unspecified atom stereocenters. The molecule has 0 atom stereocenters. The highest BCUT2D eigenvalue weighted by Crippen LogP contribution is 1.69. The molecule has 0 aliphatic rings. The summed E-state index contributed by atoms with van der Waals surface area (Å²) in [6.07, 6.45) is 0. The third-order valence-corrected chi connectivity index (χ3v) is 0.448. The number of carboxylic acids is 1. The molecule has 86 valence electrons. The lowest BCUT2D eigenvalue weighted by molar-refractivity contribution is -0.140. The Balaban J connectivity index is -0.000000135. The van der Waals surface area contributed by atoms with E-state index in [4.69, 9.17) is 20.1 Å². The van der Waals surface area contributed by atoms with Crippen molar-refractivity contribution in [3.05, 3.63) is 0 Å². The van der Waals surface area contributed by atoms with Gasteiger partial charge in [0.25, 0.3) is 5.97 Å². The average Bonchev–Trinajstić information content (AvgIpc) is 2.03. The van der Waals surface area contributed by atoms with Gasteiger partial charge in [0.05, 0.1) is 19.8 Å². The van der Waals surface area contributed by atoms with Gasteiger partial charge in [0.1, 0.15) is 0 Å². The Morgan fingerprint density at radius 1 is 1.14 bits per heavy atom. The Morgan fingerprint density at radius 3 is 1.43 bits per heavy atom. The van der Waals surface area contributed by atoms with Crippen LogP contribution in [-0.2, 0) is 14.3 Å². The van der Waals surface area contributed by atoms with Gasteiger partial charge in [0.2, 0.25) is 0 Å². The Hall–Kier alpha value is -1.14. The number of rotatable bonds is 2. The smallest absolute Gasteiger partial charge is 0.302 e. The molecule has 0 aliphatic carbocycles. The van der Waals surface area contributed by atoms with Crippen molar-refractivity contribution in [1.29, 1.82) is 0 Å². The molecular weight excluding hydrogens is 192 g/mol. The SMILES string of the molecule is CC(=O)O.CCOC(C)=O.OCCO. The second-order valence-electron chi connectivity index (χ2n) is 1.89. The van der Waals surface area contributed by atoms with Crippen molar-refractivity contribution in [3.63, 3.8) is 0 Å². The monoisotopic (exact) mass is 210 g/mol. The van der Waals surface area contributed by atoms with Crippen molar-refractivity contribution < 1.29 is 29.6 Å². The Bertz CT molecular complexity index is 128. The quantitative estimate of drug-likeness (QED) is 0.537. The van der Waals surface area contributed by atoms with Gasteiger partial charge in [-0.25, -0.2) is 0 Å². The first-order valence-corrected chi connectivity index (χ1v) is 3.96. The van der Waals surface area contributed by atoms with Crippen LogP contribution in [0.15, 0.2) is 0 Å². The second-order valence-corrected chi connectivity index (χ2v) is 1.89. The number of carbonyl (C=O) groups excluding carboxylic acids is 1. The minimum absolute atomic E-state index is 0.125. The molecule has 3 N–H and O–H groups in total. The van der Waals surface area contributed by atoms with Crippen LogP contribution in [0.25, 0.3) is 0 Å². The van der Waals surface area contributed by atoms with E-state index in [1.807, 2.05) is 0 Å². The van der Waals surface area contributed by atoms with E-state index < -0.39 is 5.97 Å². The van der Waals surface area contributed by atoms with Crippen molar-refractivity contribution in [2.75, 3.05) is 19.8 Å². The second kappa shape index (κ2) is 17.8. The molecule has 0 amide bonds. The number of esters is 1. The van der Waals surface area contributed by atoms with Gasteiger partial charge in [-0.3, -0.25) is 9.59 Å². The number of carbonyl (C=O) groups is 2. The van der Waals surface area contributed by atoms with Crippen LogP contribution >= 0.6 is 0 Å². The lowest BCUT2D eigenvalue weighted by Crippen LogP contribution is -1.95. The first-order chi connectivity index (χ1) is 6.42. The molecule has 0 aromatic rings. The summed E-state index contributed by atoms with van der Waals surface area (Å²) >= 11 is 0. The van der Waals surface area contributed by atoms with Gasteiger partial charge in [-0.15, -0.1) is 0 Å². The average molecular weight is 210 g/mol. The van der Waals surface area contributed by atoms with E-state index in [0.29, 0.717) is 6.61 Å². The third kappa shape index (κ3) is 129. The van der Waals surface area contributed by atoms with Gasteiger partial charge in [-0.1, -0.05) is 0 Å². The van der Waals surface area contributed by atoms with Crippen LogP contribution in [-0.4, -0.2) is 47.1 Å². The molecule has 0 saturated heterocycles. The predicted molar refractivity (Wildman–Crippen MR) is 49.8 cm³/mol. The van der Waals surface area contributed by atoms with Crippen molar-refractivity contribution in [2.24, 2.45) is 0 Å². The van der Waals surface area contributed by atoms with Gasteiger partial charge in [-0.05, 0) is 6.92 Å². The molecule has 0 fully saturated rings. The van der Waals surface area contributed by atoms with Crippen LogP contribution in [0.2, 0.25) is 0 Å². The number of hydrogen-bond acceptors (Lipinski definition) is 5. The summed E-state index contributed by atoms with van der Waals surface area (Å²) in [6.45, 7) is 4.49. The fraction of sp³-hybridized carbons (Fsp3) is 0.750. The zero-order chi connectivity index (χ0) is 12.0. The number of carboxylic acid groups (broad SMARTS) is 1. The fourth-order valence-electron chi connectivity index (χ4n) is 0.203. The van der Waals surface area contributed by atoms with Crippen molar-refractivity contribution in [1.82, 2.24) is 0 Å². The molecule has 14 heavy (non-hydrogen) atoms. The molecule has 0 heterocycles. The van der Waals surface area contributed by atoms with Gasteiger partial charge in [0, 0.05) is 13.8 Å². The molecular formula is C8H18O6. The van der Waals surface area contributed by atoms with Gasteiger partial charge >= 0.3 is 5.97 Å². The summed E-state index contributed by atoms with van der Waals surface area (Å²) in [7, 11) is 0. The number of hydrogen-bond donors (Lipinski definition) is 3. The van der Waals surface area contributed by atoms with Crippen LogP contribution in [0.4, 0.5) is 0 Å². The van der Waals surface area contributed by atoms with E-state index in [0.717, 1.165) is 6.92 Å². The van der Waals surface area contributed by atoms with E-state index in [1.165, 1.54) is 6.92 Å². The molecule has 0 aromatic heterocycles. The molecule has 0 bridgehead atoms. The highest BCUT2D eigenvalue weighted by Gasteiger charge is 1.81. The standard InChI is InChI=1S/C4H8O2.C2H4O2.C2H6O2/c1-3-6-4(2)5;1-2(3)4;3-1-2-4/h3H2,1-2H3;1H3,(H,3,4);3-4H,1-2H2. The predicted octanol–water partition coefficient (Wildman–Crippen LogP) is -0.369. The number of aliphatic hydroxyl groups is 2. The van der Waals surface area contributed by atoms with Crippen LogP contribution in [0.5, 0.6) is 0 Å². The molecule has 0 saturated carbocycles. The summed E-state index contributed by atoms with van der Waals surface area (Å²) in [5.74, 6) is -1.04. The zero-order valence-corrected chi connectivity index (χ0v) is 8.69. The van der Waals surface area contributed by atoms with E-state index in [9.17, 15) is 4.79 Å². The highest BCUT2D eigenvalue weighted by atomic mass is 16.5. The molecule has 0 aromatic carbocycles. The zero-order valence-electron chi connectivity index (χ0n) is 8.69. The van der Waals surface area contributed by atoms with Crippen LogP contribution in [0, 0.1) is 0 Å². The first-order valence-electron chi connectivity index (χ1n) is 3.96. The summed E-state index contributed by atoms with van der Waals surface area (Å²) in [4.78, 5) is 18.8. The molecule has 0 rings (SSSR count). The molecule has 0 spiro atoms. The minimum atomic E-state index is -0.833. The Labute approximate surface area is 83.1 Å². The highest BCUT2D eigenvalue weighted by molar-refractivity contribution is 5.65. The molecule has 6 heteroatoms. The van der Waals surface area contributed by atoms with Crippen LogP contribution in [0.1, 0.15) is 20.8 Å². The van der Waals surface area contributed by atoms with Crippen molar-refractivity contribution >= 4 is 11.9 Å². The summed E-state index contributed by atoms with van der Waals surface area (Å²) in [6, 6.07) is 0. The van der Waals surface area contributed by atoms with Gasteiger partial charge in [0.15, 0.2) is 0 Å². The van der Waals surface area contributed by atoms with Gasteiger partial charge in [-0.2, -0.15) is 0 Å². The summed E-state index contributed by atoms with van der Waals surface area (Å²) in [5.41, 5.74) is 0. The number of aliphatic carboxylic acids is 1. The van der Waals surface area contributed by atoms with E-state index in [-0.39, 0.29) is 19.2 Å². The van der Waals surface area contributed by atoms with E-state index in [1.54, 1.807) is 6.92 Å². The Morgan fingerprint density at radius 2 is 1.43 bits per heavy atom. The van der Waals surface area contributed by atoms with Crippen molar-refractivity contribution in [3.8, 4) is 0 Å². The van der Waals surface area contributed by atoms with Gasteiger partial charge < -0.3 is 20.1 Å². The summed E-state index contributed by atoms with van der Waals surface area (Å²) < 4.78 is 4.40. The van der Waals surface area contributed by atoms with E-state index in [2.05, 4.69) is 4.74 Å². The molecule has 6 nitrogen and oxygen atoms in total. The van der Waals surface area contributed by atoms with E-state index >= 15 is 0 Å². The van der Waals surface area contributed by atoms with Crippen LogP contribution < -0.4 is 0 Å². The lowest BCUT2D eigenvalue weighted by Gasteiger charge is -1.89. The maximum absolute atomic E-state index is 9.82. The lowest BCUT2D eigenvalue weighted by atomic mass is 10.8. The maximum Gasteiger partial charge on any atom is 0.302 e. The third-order valence-electron chi connectivity index (χ3n) is 0.448. The Kier molecular flexibility index (Phi) is 23.7. The molecule has 0 radical (unpaired) electrons. The maximum atomic E-state index is 9.82. The minimum Gasteiger partial charge on any atom is -0.481 e. The topological polar surface area (TPSA) is 104 Å². The number of aliphatic hydroxyl groups excluding tert-OH is 2. The first kappa shape index (κ1) is 18.6. The summed E-state index contributed by atoms with van der Waals surface area (Å²) in [5, 5.41) is 22.7. The number of ether oxygens (including phenoxy) is 1. The van der Waals surface area contributed by atoms with Crippen molar-refractivity contribution in [2.45, 2.75) is 20.8 Å². The normalized spacial score (nSPS) is 7.21. The molecule has 0 aliphatic heterocycles. The van der Waals surface area contributed by atoms with Crippen LogP contribution in [0.3, 0.4) is 0 Å². The fourth-order valence-corrected chi connectivity index (χ4v) is 0.203.